The van der Waals surface area contributed by atoms with Gasteiger partial charge in [0.15, 0.2) is 0 Å². The molecule has 0 saturated heterocycles. The van der Waals surface area contributed by atoms with E-state index in [2.05, 4.69) is 54.5 Å². The van der Waals surface area contributed by atoms with Crippen LogP contribution in [-0.2, 0) is 4.74 Å². The standard InChI is InChI=1S/C30H50O/c1-20(2)10-9-11-21(3)23-13-14-24-22-12-15-26-28(4,5)27(31-8)17-19-30(26,7)25(22)16-18-29(23,24)6/h10,21,23-24,26-27H,9,11-19H2,1-8H3/t21-,23?,24?,26?,27+,29-,30-/m1/s1. The maximum atomic E-state index is 5.99. The molecule has 4 aliphatic carbocycles. The maximum Gasteiger partial charge on any atom is 0.0625 e. The molecule has 0 aliphatic heterocycles. The number of methoxy groups -OCH3 is 1. The summed E-state index contributed by atoms with van der Waals surface area (Å²) in [6, 6.07) is 0. The van der Waals surface area contributed by atoms with Crippen LogP contribution in [0.3, 0.4) is 0 Å². The highest BCUT2D eigenvalue weighted by atomic mass is 16.5. The Kier molecular flexibility index (Phi) is 6.35. The number of fused-ring (bicyclic) bond motifs is 4. The van der Waals surface area contributed by atoms with Crippen LogP contribution in [0.5, 0.6) is 0 Å². The largest absolute Gasteiger partial charge is 0.381 e. The van der Waals surface area contributed by atoms with Crippen molar-refractivity contribution in [2.75, 3.05) is 7.11 Å². The van der Waals surface area contributed by atoms with Crippen molar-refractivity contribution in [3.8, 4) is 0 Å². The fourth-order valence-electron chi connectivity index (χ4n) is 9.51. The second-order valence-electron chi connectivity index (χ2n) is 13.2. The van der Waals surface area contributed by atoms with E-state index in [0.717, 1.165) is 23.7 Å². The monoisotopic (exact) mass is 426 g/mol. The summed E-state index contributed by atoms with van der Waals surface area (Å²) < 4.78 is 5.99. The minimum atomic E-state index is 0.290. The molecule has 1 nitrogen and oxygen atoms in total. The van der Waals surface area contributed by atoms with E-state index in [-0.39, 0.29) is 0 Å². The van der Waals surface area contributed by atoms with Crippen LogP contribution in [-0.4, -0.2) is 13.2 Å². The van der Waals surface area contributed by atoms with E-state index in [1.807, 2.05) is 18.3 Å². The summed E-state index contributed by atoms with van der Waals surface area (Å²) >= 11 is 0. The summed E-state index contributed by atoms with van der Waals surface area (Å²) in [5.74, 6) is 3.43. The van der Waals surface area contributed by atoms with E-state index < -0.39 is 0 Å². The Balaban J connectivity index is 1.58. The van der Waals surface area contributed by atoms with Crippen LogP contribution >= 0.6 is 0 Å². The fourth-order valence-corrected chi connectivity index (χ4v) is 9.51. The third-order valence-corrected chi connectivity index (χ3v) is 11.1. The van der Waals surface area contributed by atoms with Crippen molar-refractivity contribution in [2.45, 2.75) is 119 Å². The predicted molar refractivity (Wildman–Crippen MR) is 133 cm³/mol. The lowest BCUT2D eigenvalue weighted by atomic mass is 9.46. The van der Waals surface area contributed by atoms with Gasteiger partial charge in [-0.3, -0.25) is 0 Å². The molecule has 2 fully saturated rings. The van der Waals surface area contributed by atoms with Gasteiger partial charge in [-0.05, 0) is 118 Å². The summed E-state index contributed by atoms with van der Waals surface area (Å²) in [5, 5.41) is 0. The number of hydrogen-bond donors (Lipinski definition) is 0. The zero-order chi connectivity index (χ0) is 22.6. The number of ether oxygens (including phenoxy) is 1. The molecule has 0 heterocycles. The first-order valence-corrected chi connectivity index (χ1v) is 13.4. The number of hydrogen-bond acceptors (Lipinski definition) is 1. The molecule has 0 aromatic carbocycles. The molecular weight excluding hydrogens is 376 g/mol. The molecule has 4 aliphatic rings. The van der Waals surface area contributed by atoms with Crippen LogP contribution in [0, 0.1) is 39.9 Å². The van der Waals surface area contributed by atoms with Crippen molar-refractivity contribution in [1.82, 2.24) is 0 Å². The molecule has 3 unspecified atom stereocenters. The van der Waals surface area contributed by atoms with Crippen LogP contribution in [0.2, 0.25) is 0 Å². The summed E-state index contributed by atoms with van der Waals surface area (Å²) in [6.45, 7) is 17.4. The van der Waals surface area contributed by atoms with Gasteiger partial charge in [0.2, 0.25) is 0 Å². The third-order valence-electron chi connectivity index (χ3n) is 11.1. The quantitative estimate of drug-likeness (QED) is 0.399. The fraction of sp³-hybridized carbons (Fsp3) is 0.867. The van der Waals surface area contributed by atoms with E-state index in [1.54, 1.807) is 0 Å². The summed E-state index contributed by atoms with van der Waals surface area (Å²) in [4.78, 5) is 0. The molecule has 0 aromatic rings. The first-order valence-electron chi connectivity index (χ1n) is 13.4. The molecule has 7 atom stereocenters. The zero-order valence-electron chi connectivity index (χ0n) is 21.9. The van der Waals surface area contributed by atoms with Gasteiger partial charge in [0, 0.05) is 7.11 Å². The highest BCUT2D eigenvalue weighted by Gasteiger charge is 2.59. The molecule has 4 rings (SSSR count). The molecule has 0 amide bonds. The lowest BCUT2D eigenvalue weighted by molar-refractivity contribution is -0.110. The summed E-state index contributed by atoms with van der Waals surface area (Å²) in [7, 11) is 1.94. The average Bonchev–Trinajstić information content (AvgIpc) is 3.04. The second kappa shape index (κ2) is 8.34. The van der Waals surface area contributed by atoms with E-state index in [9.17, 15) is 0 Å². The van der Waals surface area contributed by atoms with Crippen molar-refractivity contribution in [3.05, 3.63) is 22.8 Å². The average molecular weight is 427 g/mol. The lowest BCUT2D eigenvalue weighted by Crippen LogP contribution is -2.54. The normalized spacial score (nSPS) is 42.5. The molecule has 0 spiro atoms. The van der Waals surface area contributed by atoms with Crippen molar-refractivity contribution >= 4 is 0 Å². The van der Waals surface area contributed by atoms with Crippen LogP contribution in [0.25, 0.3) is 0 Å². The van der Waals surface area contributed by atoms with Crippen molar-refractivity contribution < 1.29 is 4.74 Å². The Morgan fingerprint density at radius 2 is 1.77 bits per heavy atom. The SMILES string of the molecule is CO[C@H]1CC[C@]2(C)C3=C(CCC2C1(C)C)C1CCC([C@H](C)CCC=C(C)C)[C@@]1(C)CC3. The van der Waals surface area contributed by atoms with Gasteiger partial charge < -0.3 is 4.74 Å². The predicted octanol–water partition coefficient (Wildman–Crippen LogP) is 8.74. The summed E-state index contributed by atoms with van der Waals surface area (Å²) in [6.07, 6.45) is 16.6. The van der Waals surface area contributed by atoms with E-state index >= 15 is 0 Å². The molecular formula is C30H50O. The van der Waals surface area contributed by atoms with Crippen LogP contribution in [0.15, 0.2) is 22.8 Å². The van der Waals surface area contributed by atoms with Gasteiger partial charge in [-0.15, -0.1) is 0 Å². The van der Waals surface area contributed by atoms with Gasteiger partial charge in [0.25, 0.3) is 0 Å². The van der Waals surface area contributed by atoms with Crippen molar-refractivity contribution in [1.29, 1.82) is 0 Å². The Bertz CT molecular complexity index is 738. The molecule has 0 aromatic heterocycles. The Morgan fingerprint density at radius 3 is 2.45 bits per heavy atom. The third kappa shape index (κ3) is 3.70. The highest BCUT2D eigenvalue weighted by molar-refractivity contribution is 5.35. The smallest absolute Gasteiger partial charge is 0.0625 e. The first kappa shape index (κ1) is 23.6. The second-order valence-corrected chi connectivity index (χ2v) is 13.2. The van der Waals surface area contributed by atoms with Gasteiger partial charge >= 0.3 is 0 Å². The van der Waals surface area contributed by atoms with Gasteiger partial charge in [0.1, 0.15) is 0 Å². The van der Waals surface area contributed by atoms with E-state index in [4.69, 9.17) is 4.74 Å². The van der Waals surface area contributed by atoms with Crippen molar-refractivity contribution in [3.63, 3.8) is 0 Å². The highest BCUT2D eigenvalue weighted by Crippen LogP contribution is 2.68. The number of rotatable bonds is 5. The van der Waals surface area contributed by atoms with E-state index in [1.165, 1.54) is 69.8 Å². The molecule has 0 radical (unpaired) electrons. The molecule has 31 heavy (non-hydrogen) atoms. The molecule has 0 bridgehead atoms. The minimum Gasteiger partial charge on any atom is -0.381 e. The molecule has 1 heteroatoms. The van der Waals surface area contributed by atoms with Gasteiger partial charge in [-0.25, -0.2) is 0 Å². The first-order chi connectivity index (χ1) is 14.6. The Hall–Kier alpha value is -0.560. The number of allylic oxidation sites excluding steroid dienone is 4. The maximum absolute atomic E-state index is 5.99. The van der Waals surface area contributed by atoms with Gasteiger partial charge in [-0.2, -0.15) is 0 Å². The van der Waals surface area contributed by atoms with E-state index in [0.29, 0.717) is 22.3 Å². The van der Waals surface area contributed by atoms with Gasteiger partial charge in [-0.1, -0.05) is 57.4 Å². The van der Waals surface area contributed by atoms with Crippen molar-refractivity contribution in [2.24, 2.45) is 39.9 Å². The Morgan fingerprint density at radius 1 is 1.03 bits per heavy atom. The van der Waals surface area contributed by atoms with Crippen LogP contribution in [0.4, 0.5) is 0 Å². The van der Waals surface area contributed by atoms with Crippen LogP contribution < -0.4 is 0 Å². The zero-order valence-corrected chi connectivity index (χ0v) is 21.9. The minimum absolute atomic E-state index is 0.290. The topological polar surface area (TPSA) is 9.23 Å². The molecule has 176 valence electrons. The molecule has 0 N–H and O–H groups in total. The molecule has 2 saturated carbocycles. The summed E-state index contributed by atoms with van der Waals surface area (Å²) in [5.41, 5.74) is 6.60. The lowest BCUT2D eigenvalue weighted by Gasteiger charge is -2.60. The van der Waals surface area contributed by atoms with Crippen LogP contribution in [0.1, 0.15) is 113 Å². The van der Waals surface area contributed by atoms with Gasteiger partial charge in [0.05, 0.1) is 6.10 Å². The Labute approximate surface area is 193 Å².